The second-order valence-corrected chi connectivity index (χ2v) is 12.1. The zero-order valence-electron chi connectivity index (χ0n) is 20.3. The highest BCUT2D eigenvalue weighted by atomic mass is 35.5. The molecule has 196 valence electrons. The van der Waals surface area contributed by atoms with Gasteiger partial charge in [-0.1, -0.05) is 35.7 Å². The molecule has 0 aliphatic carbocycles. The van der Waals surface area contributed by atoms with E-state index in [0.717, 1.165) is 50.8 Å². The minimum atomic E-state index is -3.45. The van der Waals surface area contributed by atoms with Crippen molar-refractivity contribution < 1.29 is 17.9 Å². The topological polar surface area (TPSA) is 78.9 Å². The molecule has 2 aliphatic rings. The quantitative estimate of drug-likeness (QED) is 0.460. The van der Waals surface area contributed by atoms with Crippen molar-refractivity contribution in [3.05, 3.63) is 58.1 Å². The molecule has 2 aromatic rings. The normalized spacial score (nSPS) is 18.2. The number of hydrogen-bond acceptors (Lipinski definition) is 5. The smallest absolute Gasteiger partial charge is 0.243 e. The largest absolute Gasteiger partial charge is 0.492 e. The van der Waals surface area contributed by atoms with Gasteiger partial charge in [0.05, 0.1) is 11.4 Å². The zero-order chi connectivity index (χ0) is 25.5. The van der Waals surface area contributed by atoms with Gasteiger partial charge >= 0.3 is 0 Å². The number of carbonyl (C=O) groups is 1. The predicted octanol–water partition coefficient (Wildman–Crippen LogP) is 4.58. The summed E-state index contributed by atoms with van der Waals surface area (Å²) in [4.78, 5) is 15.1. The molecule has 4 rings (SSSR count). The van der Waals surface area contributed by atoms with Crippen LogP contribution in [-0.4, -0.2) is 62.9 Å². The summed E-state index contributed by atoms with van der Waals surface area (Å²) in [6, 6.07) is 12.0. The number of halogens is 2. The molecule has 2 aliphatic heterocycles. The number of likely N-dealkylation sites (tertiary alicyclic amines) is 1. The van der Waals surface area contributed by atoms with Crippen LogP contribution in [0.2, 0.25) is 10.0 Å². The van der Waals surface area contributed by atoms with Crippen LogP contribution in [0.4, 0.5) is 0 Å². The minimum absolute atomic E-state index is 0.0257. The van der Waals surface area contributed by atoms with Crippen LogP contribution in [-0.2, 0) is 21.4 Å². The number of rotatable bonds is 9. The van der Waals surface area contributed by atoms with Crippen molar-refractivity contribution in [1.82, 2.24) is 14.5 Å². The van der Waals surface area contributed by atoms with Crippen LogP contribution in [0.15, 0.2) is 47.4 Å². The van der Waals surface area contributed by atoms with Crippen LogP contribution >= 0.6 is 23.2 Å². The first kappa shape index (κ1) is 27.2. The molecule has 0 spiro atoms. The molecule has 1 amide bonds. The van der Waals surface area contributed by atoms with Crippen molar-refractivity contribution in [3.63, 3.8) is 0 Å². The second-order valence-electron chi connectivity index (χ2n) is 9.33. The van der Waals surface area contributed by atoms with E-state index in [1.807, 2.05) is 18.2 Å². The maximum Gasteiger partial charge on any atom is 0.243 e. The SMILES string of the molecule is O=C(NCCOc1ccc(S(=O)(=O)N2CCCCC2)cc1)C1CCN(Cc2c(Cl)cccc2Cl)CC1. The fourth-order valence-electron chi connectivity index (χ4n) is 4.71. The van der Waals surface area contributed by atoms with Crippen LogP contribution in [0.3, 0.4) is 0 Å². The van der Waals surface area contributed by atoms with E-state index < -0.39 is 10.0 Å². The van der Waals surface area contributed by atoms with Crippen LogP contribution in [0.1, 0.15) is 37.7 Å². The van der Waals surface area contributed by atoms with Gasteiger partial charge in [-0.15, -0.1) is 0 Å². The fraction of sp³-hybridized carbons (Fsp3) is 0.500. The van der Waals surface area contributed by atoms with Crippen LogP contribution in [0.5, 0.6) is 5.75 Å². The molecule has 0 unspecified atom stereocenters. The Morgan fingerprint density at radius 1 is 0.944 bits per heavy atom. The third-order valence-corrected chi connectivity index (χ3v) is 9.47. The third-order valence-electron chi connectivity index (χ3n) is 6.85. The van der Waals surface area contributed by atoms with Crippen molar-refractivity contribution in [3.8, 4) is 5.75 Å². The Hall–Kier alpha value is -1.84. The van der Waals surface area contributed by atoms with E-state index in [0.29, 0.717) is 48.6 Å². The van der Waals surface area contributed by atoms with Crippen molar-refractivity contribution in [1.29, 1.82) is 0 Å². The summed E-state index contributed by atoms with van der Waals surface area (Å²) in [5, 5.41) is 4.29. The first-order valence-electron chi connectivity index (χ1n) is 12.5. The Labute approximate surface area is 223 Å². The monoisotopic (exact) mass is 553 g/mol. The molecule has 0 saturated carbocycles. The molecule has 2 aromatic carbocycles. The van der Waals surface area contributed by atoms with Gasteiger partial charge in [0.1, 0.15) is 12.4 Å². The standard InChI is InChI=1S/C26H33Cl2N3O4S/c27-24-5-4-6-25(28)23(24)19-30-16-11-20(12-17-30)26(32)29-13-18-35-21-7-9-22(10-8-21)36(33,34)31-14-2-1-3-15-31/h4-10,20H,1-3,11-19H2,(H,29,32). The van der Waals surface area contributed by atoms with E-state index in [1.54, 1.807) is 28.6 Å². The van der Waals surface area contributed by atoms with Crippen LogP contribution < -0.4 is 10.1 Å². The highest BCUT2D eigenvalue weighted by molar-refractivity contribution is 7.89. The highest BCUT2D eigenvalue weighted by Gasteiger charge is 2.27. The molecular weight excluding hydrogens is 521 g/mol. The molecule has 1 N–H and O–H groups in total. The fourth-order valence-corrected chi connectivity index (χ4v) is 6.74. The summed E-state index contributed by atoms with van der Waals surface area (Å²) < 4.78 is 32.8. The van der Waals surface area contributed by atoms with E-state index in [2.05, 4.69) is 10.2 Å². The second kappa shape index (κ2) is 12.6. The molecule has 2 heterocycles. The lowest BCUT2D eigenvalue weighted by atomic mass is 9.95. The van der Waals surface area contributed by atoms with E-state index >= 15 is 0 Å². The van der Waals surface area contributed by atoms with E-state index in [1.165, 1.54) is 0 Å². The molecule has 2 fully saturated rings. The van der Waals surface area contributed by atoms with Gasteiger partial charge in [0.15, 0.2) is 0 Å². The Balaban J connectivity index is 1.16. The van der Waals surface area contributed by atoms with Gasteiger partial charge in [0, 0.05) is 41.2 Å². The lowest BCUT2D eigenvalue weighted by Gasteiger charge is -2.31. The Morgan fingerprint density at radius 3 is 2.22 bits per heavy atom. The number of ether oxygens (including phenoxy) is 1. The molecule has 0 atom stereocenters. The number of nitrogens with zero attached hydrogens (tertiary/aromatic N) is 2. The maximum absolute atomic E-state index is 12.7. The molecular formula is C26H33Cl2N3O4S. The Bertz CT molecular complexity index is 1110. The summed E-state index contributed by atoms with van der Waals surface area (Å²) in [6.07, 6.45) is 4.45. The van der Waals surface area contributed by atoms with Crippen molar-refractivity contribution >= 4 is 39.1 Å². The Morgan fingerprint density at radius 2 is 1.58 bits per heavy atom. The van der Waals surface area contributed by atoms with Gasteiger partial charge in [-0.2, -0.15) is 4.31 Å². The van der Waals surface area contributed by atoms with Crippen molar-refractivity contribution in [2.75, 3.05) is 39.3 Å². The first-order valence-corrected chi connectivity index (χ1v) is 14.7. The Kier molecular flexibility index (Phi) is 9.52. The summed E-state index contributed by atoms with van der Waals surface area (Å²) >= 11 is 12.6. The number of benzene rings is 2. The van der Waals surface area contributed by atoms with Gasteiger partial charge in [-0.3, -0.25) is 9.69 Å². The van der Waals surface area contributed by atoms with Crippen molar-refractivity contribution in [2.45, 2.75) is 43.5 Å². The van der Waals surface area contributed by atoms with Gasteiger partial charge in [-0.25, -0.2) is 8.42 Å². The number of carbonyl (C=O) groups excluding carboxylic acids is 1. The summed E-state index contributed by atoms with van der Waals surface area (Å²) in [5.41, 5.74) is 0.929. The molecule has 7 nitrogen and oxygen atoms in total. The molecule has 36 heavy (non-hydrogen) atoms. The number of piperidine rings is 2. The average Bonchev–Trinajstić information content (AvgIpc) is 2.90. The van der Waals surface area contributed by atoms with E-state index in [-0.39, 0.29) is 16.7 Å². The molecule has 10 heteroatoms. The first-order chi connectivity index (χ1) is 17.3. The van der Waals surface area contributed by atoms with E-state index in [4.69, 9.17) is 27.9 Å². The zero-order valence-corrected chi connectivity index (χ0v) is 22.6. The van der Waals surface area contributed by atoms with Crippen LogP contribution in [0, 0.1) is 5.92 Å². The summed E-state index contributed by atoms with van der Waals surface area (Å²) in [6.45, 7) is 4.16. The number of amides is 1. The number of hydrogen-bond donors (Lipinski definition) is 1. The maximum atomic E-state index is 12.7. The van der Waals surface area contributed by atoms with Crippen LogP contribution in [0.25, 0.3) is 0 Å². The molecule has 0 bridgehead atoms. The van der Waals surface area contributed by atoms with E-state index in [9.17, 15) is 13.2 Å². The minimum Gasteiger partial charge on any atom is -0.492 e. The third kappa shape index (κ3) is 6.92. The van der Waals surface area contributed by atoms with Gasteiger partial charge in [-0.05, 0) is 75.2 Å². The summed E-state index contributed by atoms with van der Waals surface area (Å²) in [5.74, 6) is 0.590. The molecule has 0 aromatic heterocycles. The predicted molar refractivity (Wildman–Crippen MR) is 142 cm³/mol. The number of nitrogens with one attached hydrogen (secondary N) is 1. The average molecular weight is 555 g/mol. The lowest BCUT2D eigenvalue weighted by molar-refractivity contribution is -0.126. The number of sulfonamides is 1. The highest BCUT2D eigenvalue weighted by Crippen LogP contribution is 2.28. The van der Waals surface area contributed by atoms with Gasteiger partial charge in [0.2, 0.25) is 15.9 Å². The van der Waals surface area contributed by atoms with Crippen molar-refractivity contribution in [2.24, 2.45) is 5.92 Å². The molecule has 0 radical (unpaired) electrons. The lowest BCUT2D eigenvalue weighted by Crippen LogP contribution is -2.41. The molecule has 2 saturated heterocycles. The van der Waals surface area contributed by atoms with Gasteiger partial charge < -0.3 is 10.1 Å². The summed E-state index contributed by atoms with van der Waals surface area (Å²) in [7, 11) is -3.45. The van der Waals surface area contributed by atoms with Gasteiger partial charge in [0.25, 0.3) is 0 Å².